The quantitative estimate of drug-likeness (QED) is 0.945. The maximum Gasteiger partial charge on any atom is 0.227 e. The Morgan fingerprint density at radius 3 is 2.89 bits per heavy atom. The van der Waals surface area contributed by atoms with E-state index in [4.69, 9.17) is 4.52 Å². The van der Waals surface area contributed by atoms with Crippen molar-refractivity contribution in [3.05, 3.63) is 34.4 Å². The largest absolute Gasteiger partial charge is 0.339 e. The average molecular weight is 312 g/mol. The summed E-state index contributed by atoms with van der Waals surface area (Å²) in [6.45, 7) is 1.98. The highest BCUT2D eigenvalue weighted by atomic mass is 79.9. The summed E-state index contributed by atoms with van der Waals surface area (Å²) in [4.78, 5) is 4.29. The predicted molar refractivity (Wildman–Crippen MR) is 67.5 cm³/mol. The maximum absolute atomic E-state index is 13.3. The summed E-state index contributed by atoms with van der Waals surface area (Å²) in [5.74, 6) is 1.28. The van der Waals surface area contributed by atoms with Crippen molar-refractivity contribution in [1.82, 2.24) is 15.5 Å². The van der Waals surface area contributed by atoms with Gasteiger partial charge in [-0.3, -0.25) is 0 Å². The van der Waals surface area contributed by atoms with Crippen LogP contribution in [-0.4, -0.2) is 23.2 Å². The number of halogens is 2. The molecule has 0 radical (unpaired) electrons. The second-order valence-corrected chi connectivity index (χ2v) is 5.31. The summed E-state index contributed by atoms with van der Waals surface area (Å²) in [5.41, 5.74) is 0.614. The molecule has 94 valence electrons. The summed E-state index contributed by atoms with van der Waals surface area (Å²) in [5, 5.41) is 7.08. The Morgan fingerprint density at radius 1 is 1.39 bits per heavy atom. The Morgan fingerprint density at radius 2 is 2.22 bits per heavy atom. The van der Waals surface area contributed by atoms with Crippen molar-refractivity contribution in [2.45, 2.75) is 6.42 Å². The molecule has 0 spiro atoms. The molecule has 18 heavy (non-hydrogen) atoms. The molecule has 2 aromatic rings. The van der Waals surface area contributed by atoms with Crippen molar-refractivity contribution < 1.29 is 8.91 Å². The summed E-state index contributed by atoms with van der Waals surface area (Å²) in [6.07, 6.45) is 0.774. The molecular weight excluding hydrogens is 301 g/mol. The van der Waals surface area contributed by atoms with E-state index >= 15 is 0 Å². The molecule has 0 bridgehead atoms. The third-order valence-corrected chi connectivity index (χ3v) is 3.38. The van der Waals surface area contributed by atoms with Gasteiger partial charge in [0.2, 0.25) is 11.7 Å². The summed E-state index contributed by atoms with van der Waals surface area (Å²) >= 11 is 3.24. The number of benzene rings is 1. The summed E-state index contributed by atoms with van der Waals surface area (Å²) < 4.78 is 19.1. The maximum atomic E-state index is 13.3. The topological polar surface area (TPSA) is 51.0 Å². The van der Waals surface area contributed by atoms with Crippen molar-refractivity contribution in [3.63, 3.8) is 0 Å². The van der Waals surface area contributed by atoms with E-state index in [1.54, 1.807) is 6.07 Å². The molecule has 1 saturated heterocycles. The number of rotatable bonds is 3. The van der Waals surface area contributed by atoms with Crippen LogP contribution in [0.5, 0.6) is 0 Å². The van der Waals surface area contributed by atoms with E-state index in [-0.39, 0.29) is 5.82 Å². The van der Waals surface area contributed by atoms with Gasteiger partial charge < -0.3 is 9.84 Å². The van der Waals surface area contributed by atoms with Crippen LogP contribution in [0, 0.1) is 11.7 Å². The van der Waals surface area contributed by atoms with E-state index in [0.29, 0.717) is 27.7 Å². The Labute approximate surface area is 112 Å². The van der Waals surface area contributed by atoms with Gasteiger partial charge in [-0.1, -0.05) is 21.1 Å². The van der Waals surface area contributed by atoms with Crippen LogP contribution in [0.15, 0.2) is 27.2 Å². The van der Waals surface area contributed by atoms with Crippen LogP contribution in [-0.2, 0) is 6.42 Å². The average Bonchev–Trinajstić information content (AvgIpc) is 2.70. The van der Waals surface area contributed by atoms with Crippen molar-refractivity contribution >= 4 is 15.9 Å². The zero-order valence-electron chi connectivity index (χ0n) is 9.49. The summed E-state index contributed by atoms with van der Waals surface area (Å²) in [6, 6.07) is 4.55. The minimum absolute atomic E-state index is 0.325. The molecular formula is C12H11BrFN3O. The van der Waals surface area contributed by atoms with Gasteiger partial charge in [0.25, 0.3) is 0 Å². The summed E-state index contributed by atoms with van der Waals surface area (Å²) in [7, 11) is 0. The Bertz CT molecular complexity index is 548. The Hall–Kier alpha value is -1.27. The van der Waals surface area contributed by atoms with Crippen molar-refractivity contribution in [3.8, 4) is 11.4 Å². The lowest BCUT2D eigenvalue weighted by Crippen LogP contribution is -2.43. The van der Waals surface area contributed by atoms with Gasteiger partial charge in [0, 0.05) is 16.5 Å². The van der Waals surface area contributed by atoms with Gasteiger partial charge in [-0.2, -0.15) is 4.98 Å². The standard InChI is InChI=1S/C12H11BrFN3O/c13-9-2-8(3-10(14)4-9)12-16-11(18-17-12)1-7-5-15-6-7/h2-4,7,15H,1,5-6H2. The normalized spacial score (nSPS) is 15.7. The van der Waals surface area contributed by atoms with Crippen molar-refractivity contribution in [1.29, 1.82) is 0 Å². The molecule has 2 heterocycles. The van der Waals surface area contributed by atoms with Crippen LogP contribution in [0.25, 0.3) is 11.4 Å². The second kappa shape index (κ2) is 4.78. The van der Waals surface area contributed by atoms with Crippen molar-refractivity contribution in [2.24, 2.45) is 5.92 Å². The third kappa shape index (κ3) is 2.44. The highest BCUT2D eigenvalue weighted by molar-refractivity contribution is 9.10. The van der Waals surface area contributed by atoms with Crippen LogP contribution in [0.3, 0.4) is 0 Å². The van der Waals surface area contributed by atoms with E-state index in [2.05, 4.69) is 31.4 Å². The number of aromatic nitrogens is 2. The number of hydrogen-bond acceptors (Lipinski definition) is 4. The van der Waals surface area contributed by atoms with E-state index in [9.17, 15) is 4.39 Å². The first kappa shape index (κ1) is 11.8. The van der Waals surface area contributed by atoms with Gasteiger partial charge in [-0.25, -0.2) is 4.39 Å². The third-order valence-electron chi connectivity index (χ3n) is 2.92. The van der Waals surface area contributed by atoms with Crippen LogP contribution >= 0.6 is 15.9 Å². The first-order chi connectivity index (χ1) is 8.70. The monoisotopic (exact) mass is 311 g/mol. The Balaban J connectivity index is 1.82. The molecule has 1 aliphatic rings. The smallest absolute Gasteiger partial charge is 0.227 e. The van der Waals surface area contributed by atoms with Gasteiger partial charge in [0.1, 0.15) is 5.82 Å². The zero-order chi connectivity index (χ0) is 12.5. The highest BCUT2D eigenvalue weighted by Crippen LogP contribution is 2.23. The van der Waals surface area contributed by atoms with Crippen LogP contribution in [0.2, 0.25) is 0 Å². The lowest BCUT2D eigenvalue weighted by atomic mass is 10.00. The van der Waals surface area contributed by atoms with Gasteiger partial charge in [-0.15, -0.1) is 0 Å². The number of hydrogen-bond donors (Lipinski definition) is 1. The van der Waals surface area contributed by atoms with Crippen molar-refractivity contribution in [2.75, 3.05) is 13.1 Å². The Kier molecular flexibility index (Phi) is 3.13. The molecule has 0 unspecified atom stereocenters. The molecule has 1 N–H and O–H groups in total. The molecule has 1 fully saturated rings. The minimum atomic E-state index is -0.325. The van der Waals surface area contributed by atoms with E-state index in [1.165, 1.54) is 12.1 Å². The molecule has 1 aromatic heterocycles. The van der Waals surface area contributed by atoms with E-state index in [1.807, 2.05) is 0 Å². The molecule has 0 atom stereocenters. The predicted octanol–water partition coefficient (Wildman–Crippen LogP) is 2.40. The first-order valence-electron chi connectivity index (χ1n) is 5.70. The van der Waals surface area contributed by atoms with Crippen LogP contribution in [0.4, 0.5) is 4.39 Å². The molecule has 1 aromatic carbocycles. The lowest BCUT2D eigenvalue weighted by Gasteiger charge is -2.25. The molecule has 1 aliphatic heterocycles. The molecule has 3 rings (SSSR count). The number of nitrogens with one attached hydrogen (secondary N) is 1. The minimum Gasteiger partial charge on any atom is -0.339 e. The fourth-order valence-electron chi connectivity index (χ4n) is 1.88. The molecule has 4 nitrogen and oxygen atoms in total. The fraction of sp³-hybridized carbons (Fsp3) is 0.333. The first-order valence-corrected chi connectivity index (χ1v) is 6.50. The zero-order valence-corrected chi connectivity index (χ0v) is 11.1. The molecule has 0 aliphatic carbocycles. The van der Waals surface area contributed by atoms with Gasteiger partial charge in [0.15, 0.2) is 0 Å². The molecule has 0 amide bonds. The fourth-order valence-corrected chi connectivity index (χ4v) is 2.34. The van der Waals surface area contributed by atoms with Crippen LogP contribution in [0.1, 0.15) is 5.89 Å². The molecule has 6 heteroatoms. The molecule has 0 saturated carbocycles. The van der Waals surface area contributed by atoms with Gasteiger partial charge >= 0.3 is 0 Å². The number of nitrogens with zero attached hydrogens (tertiary/aromatic N) is 2. The second-order valence-electron chi connectivity index (χ2n) is 4.40. The van der Waals surface area contributed by atoms with Gasteiger partial charge in [0.05, 0.1) is 0 Å². The lowest BCUT2D eigenvalue weighted by molar-refractivity contribution is 0.296. The van der Waals surface area contributed by atoms with E-state index < -0.39 is 0 Å². The SMILES string of the molecule is Fc1cc(Br)cc(-c2noc(CC3CNC3)n2)c1. The van der Waals surface area contributed by atoms with E-state index in [0.717, 1.165) is 19.5 Å². The van der Waals surface area contributed by atoms with Gasteiger partial charge in [-0.05, 0) is 37.2 Å². The van der Waals surface area contributed by atoms with Crippen LogP contribution < -0.4 is 5.32 Å². The highest BCUT2D eigenvalue weighted by Gasteiger charge is 2.20.